The Labute approximate surface area is 165 Å². The van der Waals surface area contributed by atoms with E-state index in [0.29, 0.717) is 23.4 Å². The molecule has 0 saturated carbocycles. The van der Waals surface area contributed by atoms with Crippen LogP contribution in [0.5, 0.6) is 5.75 Å². The van der Waals surface area contributed by atoms with Crippen molar-refractivity contribution in [2.45, 2.75) is 19.6 Å². The molecule has 0 aliphatic carbocycles. The number of halogens is 3. The first-order valence-electron chi connectivity index (χ1n) is 8.70. The fraction of sp³-hybridized carbons (Fsp3) is 0.190. The zero-order valence-electron chi connectivity index (χ0n) is 15.7. The Kier molecular flexibility index (Phi) is 5.81. The van der Waals surface area contributed by atoms with E-state index in [9.17, 15) is 18.0 Å². The number of hydrogen-bond acceptors (Lipinski definition) is 4. The highest BCUT2D eigenvalue weighted by molar-refractivity contribution is 5.95. The number of rotatable bonds is 5. The second-order valence-corrected chi connectivity index (χ2v) is 6.30. The van der Waals surface area contributed by atoms with Gasteiger partial charge in [-0.05, 0) is 36.8 Å². The molecule has 0 aliphatic rings. The lowest BCUT2D eigenvalue weighted by molar-refractivity contribution is -0.137. The lowest BCUT2D eigenvalue weighted by Gasteiger charge is -2.10. The molecule has 5 nitrogen and oxygen atoms in total. The summed E-state index contributed by atoms with van der Waals surface area (Å²) in [6.45, 7) is 1.97. The fourth-order valence-corrected chi connectivity index (χ4v) is 2.66. The number of amides is 1. The van der Waals surface area contributed by atoms with Gasteiger partial charge in [0, 0.05) is 18.3 Å². The van der Waals surface area contributed by atoms with Crippen LogP contribution in [0.1, 0.15) is 27.2 Å². The normalized spacial score (nSPS) is 11.2. The van der Waals surface area contributed by atoms with Gasteiger partial charge in [-0.3, -0.25) is 4.79 Å². The van der Waals surface area contributed by atoms with E-state index in [-0.39, 0.29) is 11.7 Å². The van der Waals surface area contributed by atoms with E-state index >= 15 is 0 Å². The highest BCUT2D eigenvalue weighted by atomic mass is 19.4. The van der Waals surface area contributed by atoms with E-state index < -0.39 is 11.7 Å². The van der Waals surface area contributed by atoms with E-state index in [1.165, 1.54) is 18.3 Å². The first kappa shape index (κ1) is 20.3. The molecular weight excluding hydrogens is 383 g/mol. The maximum atomic E-state index is 12.7. The van der Waals surface area contributed by atoms with Gasteiger partial charge in [0.05, 0.1) is 23.9 Å². The van der Waals surface area contributed by atoms with E-state index in [1.54, 1.807) is 26.2 Å². The molecule has 1 amide bonds. The molecule has 0 unspecified atom stereocenters. The minimum absolute atomic E-state index is 0.253. The molecule has 0 atom stereocenters. The molecular formula is C21H18F3N3O2. The van der Waals surface area contributed by atoms with E-state index in [1.807, 2.05) is 12.1 Å². The Balaban J connectivity index is 1.70. The van der Waals surface area contributed by atoms with E-state index in [4.69, 9.17) is 4.74 Å². The summed E-state index contributed by atoms with van der Waals surface area (Å²) in [5.74, 6) is 0.642. The molecule has 0 aliphatic heterocycles. The van der Waals surface area contributed by atoms with Crippen molar-refractivity contribution in [3.63, 3.8) is 0 Å². The maximum absolute atomic E-state index is 12.7. The van der Waals surface area contributed by atoms with Gasteiger partial charge in [-0.2, -0.15) is 13.2 Å². The van der Waals surface area contributed by atoms with Crippen molar-refractivity contribution < 1.29 is 22.7 Å². The number of aryl methyl sites for hydroxylation is 1. The van der Waals surface area contributed by atoms with Crippen molar-refractivity contribution in [1.82, 2.24) is 15.3 Å². The van der Waals surface area contributed by atoms with Crippen molar-refractivity contribution in [2.24, 2.45) is 0 Å². The summed E-state index contributed by atoms with van der Waals surface area (Å²) in [6.07, 6.45) is -3.03. The zero-order valence-corrected chi connectivity index (χ0v) is 15.7. The van der Waals surface area contributed by atoms with Crippen LogP contribution in [0.4, 0.5) is 13.2 Å². The summed E-state index contributed by atoms with van der Waals surface area (Å²) in [6, 6.07) is 11.9. The van der Waals surface area contributed by atoms with Crippen LogP contribution in [-0.4, -0.2) is 23.0 Å². The molecule has 0 radical (unpaired) electrons. The highest BCUT2D eigenvalue weighted by Gasteiger charge is 2.30. The molecule has 150 valence electrons. The van der Waals surface area contributed by atoms with Crippen LogP contribution < -0.4 is 10.1 Å². The predicted octanol–water partition coefficient (Wildman–Crippen LogP) is 4.41. The lowest BCUT2D eigenvalue weighted by Crippen LogP contribution is -2.24. The van der Waals surface area contributed by atoms with Crippen LogP contribution >= 0.6 is 0 Å². The van der Waals surface area contributed by atoms with Crippen molar-refractivity contribution in [3.05, 3.63) is 77.1 Å². The molecule has 29 heavy (non-hydrogen) atoms. The summed E-state index contributed by atoms with van der Waals surface area (Å²) >= 11 is 0. The van der Waals surface area contributed by atoms with Crippen LogP contribution in [0, 0.1) is 6.92 Å². The smallest absolute Gasteiger partial charge is 0.416 e. The molecule has 2 aromatic carbocycles. The van der Waals surface area contributed by atoms with Crippen molar-refractivity contribution in [2.75, 3.05) is 7.11 Å². The zero-order chi connectivity index (χ0) is 21.0. The number of benzene rings is 2. The second kappa shape index (κ2) is 8.30. The molecule has 3 aromatic rings. The van der Waals surface area contributed by atoms with Crippen LogP contribution in [0.25, 0.3) is 11.4 Å². The fourth-order valence-electron chi connectivity index (χ4n) is 2.66. The molecule has 8 heteroatoms. The van der Waals surface area contributed by atoms with Gasteiger partial charge in [0.1, 0.15) is 5.75 Å². The Hall–Kier alpha value is -3.42. The van der Waals surface area contributed by atoms with Gasteiger partial charge in [0.2, 0.25) is 0 Å². The third-order valence-electron chi connectivity index (χ3n) is 4.31. The molecule has 1 heterocycles. The Morgan fingerprint density at radius 1 is 1.07 bits per heavy atom. The number of aromatic nitrogens is 2. The average Bonchev–Trinajstić information content (AvgIpc) is 2.71. The number of ether oxygens (including phenoxy) is 1. The Bertz CT molecular complexity index is 1000. The minimum Gasteiger partial charge on any atom is -0.497 e. The van der Waals surface area contributed by atoms with Gasteiger partial charge in [0.25, 0.3) is 5.91 Å². The summed E-state index contributed by atoms with van der Waals surface area (Å²) in [5, 5.41) is 2.79. The monoisotopic (exact) mass is 401 g/mol. The molecule has 0 fully saturated rings. The largest absolute Gasteiger partial charge is 0.497 e. The number of hydrogen-bond donors (Lipinski definition) is 1. The number of nitrogens with zero attached hydrogens (tertiary/aromatic N) is 2. The Morgan fingerprint density at radius 3 is 2.28 bits per heavy atom. The summed E-state index contributed by atoms with van der Waals surface area (Å²) in [7, 11) is 1.58. The Morgan fingerprint density at radius 2 is 1.72 bits per heavy atom. The van der Waals surface area contributed by atoms with E-state index in [0.717, 1.165) is 23.4 Å². The lowest BCUT2D eigenvalue weighted by atomic mass is 10.1. The summed E-state index contributed by atoms with van der Waals surface area (Å²) in [5.41, 5.74) is 1.33. The van der Waals surface area contributed by atoms with Crippen molar-refractivity contribution in [3.8, 4) is 17.1 Å². The van der Waals surface area contributed by atoms with Gasteiger partial charge in [-0.25, -0.2) is 9.97 Å². The standard InChI is InChI=1S/C21H18F3N3O2/c1-13-18(20(28)26-11-14-3-9-17(29-2)10-4-14)12-25-19(27-13)15-5-7-16(8-6-15)21(22,23)24/h3-10,12H,11H2,1-2H3,(H,26,28). The molecule has 0 spiro atoms. The van der Waals surface area contributed by atoms with Crippen LogP contribution in [-0.2, 0) is 12.7 Å². The maximum Gasteiger partial charge on any atom is 0.416 e. The molecule has 0 bridgehead atoms. The molecule has 1 N–H and O–H groups in total. The molecule has 1 aromatic heterocycles. The van der Waals surface area contributed by atoms with E-state index in [2.05, 4.69) is 15.3 Å². The SMILES string of the molecule is COc1ccc(CNC(=O)c2cnc(-c3ccc(C(F)(F)F)cc3)nc2C)cc1. The number of methoxy groups -OCH3 is 1. The third-order valence-corrected chi connectivity index (χ3v) is 4.31. The quantitative estimate of drug-likeness (QED) is 0.688. The minimum atomic E-state index is -4.40. The van der Waals surface area contributed by atoms with Crippen LogP contribution in [0.15, 0.2) is 54.7 Å². The van der Waals surface area contributed by atoms with Gasteiger partial charge in [-0.1, -0.05) is 24.3 Å². The second-order valence-electron chi connectivity index (χ2n) is 6.30. The number of alkyl halides is 3. The van der Waals surface area contributed by atoms with Crippen LogP contribution in [0.3, 0.4) is 0 Å². The predicted molar refractivity (Wildman–Crippen MR) is 101 cm³/mol. The highest BCUT2D eigenvalue weighted by Crippen LogP contribution is 2.30. The number of carbonyl (C=O) groups is 1. The molecule has 0 saturated heterocycles. The van der Waals surface area contributed by atoms with Gasteiger partial charge in [-0.15, -0.1) is 0 Å². The first-order chi connectivity index (χ1) is 13.8. The topological polar surface area (TPSA) is 64.1 Å². The van der Waals surface area contributed by atoms with Crippen LogP contribution in [0.2, 0.25) is 0 Å². The average molecular weight is 401 g/mol. The number of nitrogens with one attached hydrogen (secondary N) is 1. The first-order valence-corrected chi connectivity index (χ1v) is 8.70. The molecule has 3 rings (SSSR count). The van der Waals surface area contributed by atoms with Crippen molar-refractivity contribution >= 4 is 5.91 Å². The van der Waals surface area contributed by atoms with Gasteiger partial charge in [0.15, 0.2) is 5.82 Å². The number of carbonyl (C=O) groups excluding carboxylic acids is 1. The third kappa shape index (κ3) is 4.90. The van der Waals surface area contributed by atoms with Gasteiger partial charge < -0.3 is 10.1 Å². The summed E-state index contributed by atoms with van der Waals surface area (Å²) in [4.78, 5) is 20.8. The summed E-state index contributed by atoms with van der Waals surface area (Å²) < 4.78 is 43.1. The van der Waals surface area contributed by atoms with Gasteiger partial charge >= 0.3 is 6.18 Å². The van der Waals surface area contributed by atoms with Crippen molar-refractivity contribution in [1.29, 1.82) is 0 Å².